The third kappa shape index (κ3) is 2.26. The number of hydrogen-bond acceptors (Lipinski definition) is 2. The molecule has 2 aliphatic rings. The van der Waals surface area contributed by atoms with E-state index in [1.54, 1.807) is 0 Å². The minimum absolute atomic E-state index is 0.0387. The van der Waals surface area contributed by atoms with E-state index in [1.165, 1.54) is 6.42 Å². The molecular formula is C13H22O2. The van der Waals surface area contributed by atoms with Gasteiger partial charge in [-0.05, 0) is 38.0 Å². The Morgan fingerprint density at radius 3 is 2.87 bits per heavy atom. The highest BCUT2D eigenvalue weighted by atomic mass is 16.5. The van der Waals surface area contributed by atoms with Crippen molar-refractivity contribution in [3.8, 4) is 0 Å². The first-order chi connectivity index (χ1) is 7.15. The Hall–Kier alpha value is -0.340. The van der Waals surface area contributed by atoms with Crippen LogP contribution in [0.3, 0.4) is 0 Å². The lowest BCUT2D eigenvalue weighted by Gasteiger charge is -2.46. The maximum absolute atomic E-state index is 9.75. The third-order valence-electron chi connectivity index (χ3n) is 4.01. The lowest BCUT2D eigenvalue weighted by Crippen LogP contribution is -2.47. The second kappa shape index (κ2) is 4.26. The topological polar surface area (TPSA) is 29.5 Å². The van der Waals surface area contributed by atoms with E-state index >= 15 is 0 Å². The van der Waals surface area contributed by atoms with Gasteiger partial charge < -0.3 is 9.84 Å². The number of ether oxygens (including phenoxy) is 1. The minimum Gasteiger partial charge on any atom is -0.393 e. The van der Waals surface area contributed by atoms with Gasteiger partial charge in [-0.15, -0.1) is 6.58 Å². The summed E-state index contributed by atoms with van der Waals surface area (Å²) in [5.74, 6) is 0.576. The van der Waals surface area contributed by atoms with Gasteiger partial charge in [-0.2, -0.15) is 0 Å². The molecule has 2 fully saturated rings. The van der Waals surface area contributed by atoms with Crippen molar-refractivity contribution in [3.63, 3.8) is 0 Å². The standard InChI is InChI=1S/C13H22O2/c1-3-12-10(2)6-8-13(15-12)7-4-5-11(14)9-13/h3,10-12,14H,1,4-9H2,2H3. The summed E-state index contributed by atoms with van der Waals surface area (Å²) in [4.78, 5) is 0. The quantitative estimate of drug-likeness (QED) is 0.674. The van der Waals surface area contributed by atoms with Gasteiger partial charge in [-0.25, -0.2) is 0 Å². The van der Waals surface area contributed by atoms with Crippen LogP contribution in [0.15, 0.2) is 12.7 Å². The predicted molar refractivity (Wildman–Crippen MR) is 60.7 cm³/mol. The largest absolute Gasteiger partial charge is 0.393 e. The number of aliphatic hydroxyl groups excluding tert-OH is 1. The van der Waals surface area contributed by atoms with Crippen molar-refractivity contribution in [2.45, 2.75) is 63.3 Å². The molecule has 1 spiro atoms. The summed E-state index contributed by atoms with van der Waals surface area (Å²) >= 11 is 0. The highest BCUT2D eigenvalue weighted by Gasteiger charge is 2.42. The molecule has 1 N–H and O–H groups in total. The van der Waals surface area contributed by atoms with E-state index in [4.69, 9.17) is 4.74 Å². The molecule has 2 heteroatoms. The van der Waals surface area contributed by atoms with E-state index in [-0.39, 0.29) is 17.8 Å². The van der Waals surface area contributed by atoms with Crippen LogP contribution in [0.5, 0.6) is 0 Å². The van der Waals surface area contributed by atoms with Crippen molar-refractivity contribution in [1.29, 1.82) is 0 Å². The van der Waals surface area contributed by atoms with E-state index in [0.717, 1.165) is 32.1 Å². The van der Waals surface area contributed by atoms with Crippen LogP contribution in [-0.2, 0) is 4.74 Å². The van der Waals surface area contributed by atoms with Gasteiger partial charge in [0.25, 0.3) is 0 Å². The lowest BCUT2D eigenvalue weighted by molar-refractivity contribution is -0.164. The van der Waals surface area contributed by atoms with Crippen LogP contribution in [0.1, 0.15) is 45.4 Å². The molecule has 4 unspecified atom stereocenters. The van der Waals surface area contributed by atoms with Crippen molar-refractivity contribution in [1.82, 2.24) is 0 Å². The summed E-state index contributed by atoms with van der Waals surface area (Å²) in [6.45, 7) is 6.06. The molecule has 1 heterocycles. The number of aliphatic hydroxyl groups is 1. The van der Waals surface area contributed by atoms with Crippen LogP contribution in [0.4, 0.5) is 0 Å². The number of hydrogen-bond donors (Lipinski definition) is 1. The fourth-order valence-electron chi connectivity index (χ4n) is 3.03. The van der Waals surface area contributed by atoms with Crippen LogP contribution in [0.2, 0.25) is 0 Å². The Balaban J connectivity index is 2.05. The molecule has 15 heavy (non-hydrogen) atoms. The predicted octanol–water partition coefficient (Wildman–Crippen LogP) is 2.66. The van der Waals surface area contributed by atoms with Crippen molar-refractivity contribution in [2.24, 2.45) is 5.92 Å². The Morgan fingerprint density at radius 2 is 2.20 bits per heavy atom. The maximum Gasteiger partial charge on any atom is 0.0786 e. The fraction of sp³-hybridized carbons (Fsp3) is 0.846. The van der Waals surface area contributed by atoms with Gasteiger partial charge in [0.05, 0.1) is 17.8 Å². The van der Waals surface area contributed by atoms with Gasteiger partial charge in [-0.1, -0.05) is 13.0 Å². The first kappa shape index (κ1) is 11.2. The molecule has 0 aromatic heterocycles. The highest BCUT2D eigenvalue weighted by Crippen LogP contribution is 2.42. The van der Waals surface area contributed by atoms with Crippen molar-refractivity contribution < 1.29 is 9.84 Å². The molecule has 0 aromatic rings. The van der Waals surface area contributed by atoms with E-state index in [1.807, 2.05) is 6.08 Å². The molecular weight excluding hydrogens is 188 g/mol. The second-order valence-corrected chi connectivity index (χ2v) is 5.27. The Bertz CT molecular complexity index is 239. The van der Waals surface area contributed by atoms with Crippen LogP contribution in [0, 0.1) is 5.92 Å². The average molecular weight is 210 g/mol. The first-order valence-electron chi connectivity index (χ1n) is 6.14. The lowest BCUT2D eigenvalue weighted by atomic mass is 9.75. The van der Waals surface area contributed by atoms with Gasteiger partial charge in [0.2, 0.25) is 0 Å². The summed E-state index contributed by atoms with van der Waals surface area (Å²) in [6, 6.07) is 0. The van der Waals surface area contributed by atoms with Gasteiger partial charge >= 0.3 is 0 Å². The smallest absolute Gasteiger partial charge is 0.0786 e. The zero-order valence-corrected chi connectivity index (χ0v) is 9.61. The molecule has 86 valence electrons. The van der Waals surface area contributed by atoms with Crippen LogP contribution >= 0.6 is 0 Å². The SMILES string of the molecule is C=CC1OC2(CCCC(O)C2)CCC1C. The Labute approximate surface area is 92.3 Å². The monoisotopic (exact) mass is 210 g/mol. The van der Waals surface area contributed by atoms with Crippen molar-refractivity contribution >= 4 is 0 Å². The van der Waals surface area contributed by atoms with Crippen LogP contribution in [0.25, 0.3) is 0 Å². The molecule has 1 aliphatic heterocycles. The summed E-state index contributed by atoms with van der Waals surface area (Å²) in [6.07, 6.45) is 8.23. The van der Waals surface area contributed by atoms with Gasteiger partial charge in [0.1, 0.15) is 0 Å². The summed E-state index contributed by atoms with van der Waals surface area (Å²) < 4.78 is 6.17. The van der Waals surface area contributed by atoms with Gasteiger partial charge in [0.15, 0.2) is 0 Å². The molecule has 1 saturated carbocycles. The number of rotatable bonds is 1. The van der Waals surface area contributed by atoms with Crippen LogP contribution < -0.4 is 0 Å². The van der Waals surface area contributed by atoms with Crippen molar-refractivity contribution in [3.05, 3.63) is 12.7 Å². The Morgan fingerprint density at radius 1 is 1.40 bits per heavy atom. The molecule has 4 atom stereocenters. The average Bonchev–Trinajstić information content (AvgIpc) is 2.22. The third-order valence-corrected chi connectivity index (χ3v) is 4.01. The molecule has 1 saturated heterocycles. The van der Waals surface area contributed by atoms with Crippen LogP contribution in [-0.4, -0.2) is 22.9 Å². The van der Waals surface area contributed by atoms with E-state index in [0.29, 0.717) is 5.92 Å². The van der Waals surface area contributed by atoms with Crippen molar-refractivity contribution in [2.75, 3.05) is 0 Å². The summed E-state index contributed by atoms with van der Waals surface area (Å²) in [7, 11) is 0. The minimum atomic E-state index is -0.155. The summed E-state index contributed by atoms with van der Waals surface area (Å²) in [5, 5.41) is 9.75. The highest BCUT2D eigenvalue weighted by molar-refractivity contribution is 4.97. The molecule has 0 aromatic carbocycles. The normalized spacial score (nSPS) is 46.7. The van der Waals surface area contributed by atoms with E-state index < -0.39 is 0 Å². The summed E-state index contributed by atoms with van der Waals surface area (Å²) in [5.41, 5.74) is -0.0387. The van der Waals surface area contributed by atoms with E-state index in [9.17, 15) is 5.11 Å². The maximum atomic E-state index is 9.75. The zero-order valence-electron chi connectivity index (χ0n) is 9.61. The first-order valence-corrected chi connectivity index (χ1v) is 6.14. The van der Waals surface area contributed by atoms with Gasteiger partial charge in [0, 0.05) is 6.42 Å². The molecule has 2 nitrogen and oxygen atoms in total. The molecule has 2 rings (SSSR count). The van der Waals surface area contributed by atoms with Gasteiger partial charge in [-0.3, -0.25) is 0 Å². The fourth-order valence-corrected chi connectivity index (χ4v) is 3.03. The molecule has 0 amide bonds. The molecule has 0 radical (unpaired) electrons. The second-order valence-electron chi connectivity index (χ2n) is 5.27. The zero-order chi connectivity index (χ0) is 10.9. The Kier molecular flexibility index (Phi) is 3.17. The molecule has 0 bridgehead atoms. The van der Waals surface area contributed by atoms with E-state index in [2.05, 4.69) is 13.5 Å². The molecule has 1 aliphatic carbocycles.